The summed E-state index contributed by atoms with van der Waals surface area (Å²) in [4.78, 5) is 2.70. The Morgan fingerprint density at radius 1 is 1.04 bits per heavy atom. The van der Waals surface area contributed by atoms with Crippen LogP contribution in [0.4, 0.5) is 0 Å². The molecule has 122 valence electrons. The molecule has 1 saturated heterocycles. The highest BCUT2D eigenvalue weighted by Crippen LogP contribution is 2.44. The van der Waals surface area contributed by atoms with E-state index in [9.17, 15) is 0 Å². The molecule has 3 nitrogen and oxygen atoms in total. The Hall–Kier alpha value is -1.58. The zero-order valence-electron chi connectivity index (χ0n) is 13.9. The SMILES string of the molecule is COc1ccc([C@H](C2CCC2)N2CCNCC2)c2ccccc12. The number of rotatable bonds is 4. The number of ether oxygens (including phenoxy) is 1. The summed E-state index contributed by atoms with van der Waals surface area (Å²) in [7, 11) is 1.77. The van der Waals surface area contributed by atoms with Crippen molar-refractivity contribution in [2.45, 2.75) is 25.3 Å². The summed E-state index contributed by atoms with van der Waals surface area (Å²) in [6.45, 7) is 4.53. The molecule has 1 N–H and O–H groups in total. The molecule has 3 heteroatoms. The molecular formula is C20H26N2O. The van der Waals surface area contributed by atoms with Gasteiger partial charge in [0.05, 0.1) is 7.11 Å². The molecular weight excluding hydrogens is 284 g/mol. The molecule has 1 saturated carbocycles. The Bertz CT molecular complexity index is 674. The summed E-state index contributed by atoms with van der Waals surface area (Å²) in [5.74, 6) is 1.79. The van der Waals surface area contributed by atoms with E-state index in [1.165, 1.54) is 35.6 Å². The zero-order valence-corrected chi connectivity index (χ0v) is 13.9. The van der Waals surface area contributed by atoms with E-state index in [0.717, 1.165) is 37.8 Å². The summed E-state index contributed by atoms with van der Waals surface area (Å²) in [6.07, 6.45) is 4.13. The monoisotopic (exact) mass is 310 g/mol. The number of nitrogens with zero attached hydrogens (tertiary/aromatic N) is 1. The molecule has 0 amide bonds. The first-order valence-corrected chi connectivity index (χ1v) is 8.89. The molecule has 1 aliphatic carbocycles. The van der Waals surface area contributed by atoms with E-state index in [-0.39, 0.29) is 0 Å². The first kappa shape index (κ1) is 15.0. The van der Waals surface area contributed by atoms with Gasteiger partial charge in [0, 0.05) is 37.6 Å². The van der Waals surface area contributed by atoms with Crippen LogP contribution in [0, 0.1) is 5.92 Å². The Morgan fingerprint density at radius 3 is 2.43 bits per heavy atom. The van der Waals surface area contributed by atoms with Crippen LogP contribution < -0.4 is 10.1 Å². The first-order chi connectivity index (χ1) is 11.4. The average Bonchev–Trinajstić information content (AvgIpc) is 2.58. The van der Waals surface area contributed by atoms with Crippen LogP contribution in [0.1, 0.15) is 30.9 Å². The van der Waals surface area contributed by atoms with Crippen LogP contribution in [-0.4, -0.2) is 38.2 Å². The van der Waals surface area contributed by atoms with Gasteiger partial charge in [-0.25, -0.2) is 0 Å². The summed E-state index contributed by atoms with van der Waals surface area (Å²) in [5.41, 5.74) is 1.49. The highest BCUT2D eigenvalue weighted by Gasteiger charge is 2.34. The fraction of sp³-hybridized carbons (Fsp3) is 0.500. The van der Waals surface area contributed by atoms with Gasteiger partial charge in [-0.3, -0.25) is 4.90 Å². The predicted octanol–water partition coefficient (Wildman–Crippen LogP) is 3.59. The summed E-state index contributed by atoms with van der Waals surface area (Å²) < 4.78 is 5.58. The number of methoxy groups -OCH3 is 1. The van der Waals surface area contributed by atoms with Crippen molar-refractivity contribution in [2.75, 3.05) is 33.3 Å². The topological polar surface area (TPSA) is 24.5 Å². The van der Waals surface area contributed by atoms with Crippen LogP contribution in [0.25, 0.3) is 10.8 Å². The fourth-order valence-corrected chi connectivity index (χ4v) is 4.20. The van der Waals surface area contributed by atoms with Gasteiger partial charge in [-0.15, -0.1) is 0 Å². The number of hydrogen-bond donors (Lipinski definition) is 1. The van der Waals surface area contributed by atoms with Crippen LogP contribution in [0.5, 0.6) is 5.75 Å². The minimum Gasteiger partial charge on any atom is -0.496 e. The second kappa shape index (κ2) is 6.50. The van der Waals surface area contributed by atoms with Crippen molar-refractivity contribution < 1.29 is 4.74 Å². The molecule has 0 unspecified atom stereocenters. The lowest BCUT2D eigenvalue weighted by molar-refractivity contribution is 0.0846. The van der Waals surface area contributed by atoms with Gasteiger partial charge in [0.25, 0.3) is 0 Å². The normalized spacial score (nSPS) is 21.1. The van der Waals surface area contributed by atoms with Gasteiger partial charge in [0.1, 0.15) is 5.75 Å². The van der Waals surface area contributed by atoms with Crippen LogP contribution in [0.15, 0.2) is 36.4 Å². The molecule has 2 aromatic rings. The van der Waals surface area contributed by atoms with Crippen LogP contribution in [0.3, 0.4) is 0 Å². The van der Waals surface area contributed by atoms with Crippen LogP contribution in [-0.2, 0) is 0 Å². The van der Waals surface area contributed by atoms with E-state index in [4.69, 9.17) is 4.74 Å². The fourth-order valence-electron chi connectivity index (χ4n) is 4.20. The predicted molar refractivity (Wildman–Crippen MR) is 95.0 cm³/mol. The molecule has 23 heavy (non-hydrogen) atoms. The Kier molecular flexibility index (Phi) is 4.23. The maximum Gasteiger partial charge on any atom is 0.126 e. The Balaban J connectivity index is 1.80. The van der Waals surface area contributed by atoms with Gasteiger partial charge in [0.15, 0.2) is 0 Å². The van der Waals surface area contributed by atoms with E-state index < -0.39 is 0 Å². The summed E-state index contributed by atoms with van der Waals surface area (Å²) in [5, 5.41) is 6.10. The number of fused-ring (bicyclic) bond motifs is 1. The summed E-state index contributed by atoms with van der Waals surface area (Å²) in [6, 6.07) is 13.7. The van der Waals surface area contributed by atoms with Gasteiger partial charge >= 0.3 is 0 Å². The third kappa shape index (κ3) is 2.73. The van der Waals surface area contributed by atoms with E-state index in [1.807, 2.05) is 0 Å². The van der Waals surface area contributed by atoms with Crippen molar-refractivity contribution in [3.8, 4) is 5.75 Å². The molecule has 0 radical (unpaired) electrons. The van der Waals surface area contributed by atoms with Crippen molar-refractivity contribution >= 4 is 10.8 Å². The minimum atomic E-state index is 0.557. The van der Waals surface area contributed by atoms with E-state index in [0.29, 0.717) is 6.04 Å². The van der Waals surface area contributed by atoms with Gasteiger partial charge < -0.3 is 10.1 Å². The molecule has 1 aliphatic heterocycles. The smallest absolute Gasteiger partial charge is 0.126 e. The Labute approximate surface area is 138 Å². The number of hydrogen-bond acceptors (Lipinski definition) is 3. The number of nitrogens with one attached hydrogen (secondary N) is 1. The standard InChI is InChI=1S/C20H26N2O/c1-23-19-10-9-18(16-7-2-3-8-17(16)19)20(15-5-4-6-15)22-13-11-21-12-14-22/h2-3,7-10,15,20-21H,4-6,11-14H2,1H3/t20-/m0/s1. The molecule has 0 spiro atoms. The molecule has 1 heterocycles. The first-order valence-electron chi connectivity index (χ1n) is 8.89. The Morgan fingerprint density at radius 2 is 1.78 bits per heavy atom. The third-order valence-electron chi connectivity index (χ3n) is 5.60. The second-order valence-electron chi connectivity index (χ2n) is 6.82. The lowest BCUT2D eigenvalue weighted by atomic mass is 9.75. The van der Waals surface area contributed by atoms with Crippen molar-refractivity contribution in [1.82, 2.24) is 10.2 Å². The van der Waals surface area contributed by atoms with Crippen molar-refractivity contribution in [1.29, 1.82) is 0 Å². The van der Waals surface area contributed by atoms with Crippen molar-refractivity contribution in [3.05, 3.63) is 42.0 Å². The molecule has 2 fully saturated rings. The molecule has 4 rings (SSSR count). The van der Waals surface area contributed by atoms with E-state index in [2.05, 4.69) is 46.6 Å². The minimum absolute atomic E-state index is 0.557. The third-order valence-corrected chi connectivity index (χ3v) is 5.60. The molecule has 2 aromatic carbocycles. The second-order valence-corrected chi connectivity index (χ2v) is 6.82. The lowest BCUT2D eigenvalue weighted by Crippen LogP contribution is -2.47. The number of benzene rings is 2. The molecule has 1 atom stereocenters. The van der Waals surface area contributed by atoms with Gasteiger partial charge in [-0.1, -0.05) is 36.8 Å². The number of piperazine rings is 1. The molecule has 0 aromatic heterocycles. The quantitative estimate of drug-likeness (QED) is 0.934. The van der Waals surface area contributed by atoms with Crippen LogP contribution in [0.2, 0.25) is 0 Å². The van der Waals surface area contributed by atoms with Gasteiger partial charge in [-0.05, 0) is 35.8 Å². The highest BCUT2D eigenvalue weighted by atomic mass is 16.5. The van der Waals surface area contributed by atoms with E-state index in [1.54, 1.807) is 7.11 Å². The van der Waals surface area contributed by atoms with Crippen LogP contribution >= 0.6 is 0 Å². The van der Waals surface area contributed by atoms with Crippen molar-refractivity contribution in [3.63, 3.8) is 0 Å². The van der Waals surface area contributed by atoms with Gasteiger partial charge in [-0.2, -0.15) is 0 Å². The largest absolute Gasteiger partial charge is 0.496 e. The van der Waals surface area contributed by atoms with Gasteiger partial charge in [0.2, 0.25) is 0 Å². The lowest BCUT2D eigenvalue weighted by Gasteiger charge is -2.43. The maximum absolute atomic E-state index is 5.58. The highest BCUT2D eigenvalue weighted by molar-refractivity contribution is 5.91. The van der Waals surface area contributed by atoms with E-state index >= 15 is 0 Å². The van der Waals surface area contributed by atoms with Crippen molar-refractivity contribution in [2.24, 2.45) is 5.92 Å². The average molecular weight is 310 g/mol. The molecule has 2 aliphatic rings. The molecule has 0 bridgehead atoms. The zero-order chi connectivity index (χ0) is 15.6. The maximum atomic E-state index is 5.58. The summed E-state index contributed by atoms with van der Waals surface area (Å²) >= 11 is 0.